The van der Waals surface area contributed by atoms with Crippen LogP contribution in [0.4, 0.5) is 0 Å². The average Bonchev–Trinajstić information content (AvgIpc) is 3.27. The first-order chi connectivity index (χ1) is 30.5. The number of ether oxygens (including phenoxy) is 3. The second-order valence-corrected chi connectivity index (χ2v) is 16.5. The van der Waals surface area contributed by atoms with Gasteiger partial charge in [-0.2, -0.15) is 0 Å². The molecule has 0 aliphatic carbocycles. The van der Waals surface area contributed by atoms with Gasteiger partial charge < -0.3 is 14.2 Å². The Labute approximate surface area is 381 Å². The molecule has 0 aliphatic heterocycles. The van der Waals surface area contributed by atoms with Gasteiger partial charge in [-0.3, -0.25) is 14.4 Å². The van der Waals surface area contributed by atoms with Gasteiger partial charge >= 0.3 is 17.9 Å². The lowest BCUT2D eigenvalue weighted by atomic mass is 10.1. The summed E-state index contributed by atoms with van der Waals surface area (Å²) in [5.41, 5.74) is 0. The van der Waals surface area contributed by atoms with Gasteiger partial charge in [-0.1, -0.05) is 214 Å². The fraction of sp³-hybridized carbons (Fsp3) is 0.661. The first kappa shape index (κ1) is 58.3. The molecule has 0 bridgehead atoms. The molecule has 352 valence electrons. The van der Waals surface area contributed by atoms with Crippen LogP contribution in [-0.2, 0) is 28.6 Å². The van der Waals surface area contributed by atoms with Gasteiger partial charge in [0.25, 0.3) is 0 Å². The molecule has 0 amide bonds. The molecule has 0 heterocycles. The van der Waals surface area contributed by atoms with Crippen LogP contribution in [0.5, 0.6) is 0 Å². The lowest BCUT2D eigenvalue weighted by Crippen LogP contribution is -2.30. The molecule has 0 N–H and O–H groups in total. The highest BCUT2D eigenvalue weighted by molar-refractivity contribution is 5.71. The molecule has 1 unspecified atom stereocenters. The third-order valence-corrected chi connectivity index (χ3v) is 10.4. The second-order valence-electron chi connectivity index (χ2n) is 16.5. The number of carbonyl (C=O) groups is 3. The first-order valence-electron chi connectivity index (χ1n) is 25.3. The summed E-state index contributed by atoms with van der Waals surface area (Å²) >= 11 is 0. The summed E-state index contributed by atoms with van der Waals surface area (Å²) in [6.45, 7) is 6.38. The van der Waals surface area contributed by atoms with Crippen molar-refractivity contribution in [3.05, 3.63) is 97.2 Å². The number of rotatable bonds is 44. The largest absolute Gasteiger partial charge is 0.462 e. The predicted octanol–water partition coefficient (Wildman–Crippen LogP) is 16.6. The summed E-state index contributed by atoms with van der Waals surface area (Å²) in [4.78, 5) is 37.9. The molecule has 1 atom stereocenters. The highest BCUT2D eigenvalue weighted by atomic mass is 16.6. The van der Waals surface area contributed by atoms with Crippen LogP contribution >= 0.6 is 0 Å². The minimum absolute atomic E-state index is 0.106. The summed E-state index contributed by atoms with van der Waals surface area (Å²) in [6, 6.07) is 0. The summed E-state index contributed by atoms with van der Waals surface area (Å²) < 4.78 is 16.7. The van der Waals surface area contributed by atoms with E-state index in [9.17, 15) is 14.4 Å². The second kappa shape index (κ2) is 50.0. The lowest BCUT2D eigenvalue weighted by Gasteiger charge is -2.18. The van der Waals surface area contributed by atoms with E-state index in [0.29, 0.717) is 19.3 Å². The molecule has 0 aromatic rings. The van der Waals surface area contributed by atoms with Crippen molar-refractivity contribution >= 4 is 17.9 Å². The maximum atomic E-state index is 12.8. The molecule has 0 fully saturated rings. The van der Waals surface area contributed by atoms with E-state index in [0.717, 1.165) is 96.3 Å². The van der Waals surface area contributed by atoms with Crippen LogP contribution in [0.15, 0.2) is 97.2 Å². The quantitative estimate of drug-likeness (QED) is 0.0200. The standard InChI is InChI=1S/C56H92O6/c1-4-7-10-13-16-19-22-24-26-27-28-30-31-34-37-40-43-46-49-55(58)61-52-53(51-60-54(57)48-45-42-39-36-33-21-18-15-12-9-6-3)62-56(59)50-47-44-41-38-35-32-29-25-23-20-17-14-11-8-5-2/h8,11,14-15,17-18,20,23,25-30,32,35,53H,4-7,9-10,12-13,16,19,21-22,24,31,33-34,36-52H2,1-3H3/b11-8-,17-14-,18-15-,23-20-,27-26-,29-25-,30-28-,35-32-. The van der Waals surface area contributed by atoms with Crippen molar-refractivity contribution in [1.82, 2.24) is 0 Å². The lowest BCUT2D eigenvalue weighted by molar-refractivity contribution is -0.167. The van der Waals surface area contributed by atoms with E-state index in [1.165, 1.54) is 77.0 Å². The van der Waals surface area contributed by atoms with E-state index in [1.54, 1.807) is 0 Å². The van der Waals surface area contributed by atoms with Gasteiger partial charge in [0.15, 0.2) is 6.10 Å². The predicted molar refractivity (Wildman–Crippen MR) is 265 cm³/mol. The van der Waals surface area contributed by atoms with Crippen molar-refractivity contribution in [2.45, 2.75) is 226 Å². The molecule has 0 rings (SSSR count). The molecule has 0 aromatic heterocycles. The van der Waals surface area contributed by atoms with E-state index in [-0.39, 0.29) is 37.5 Å². The minimum Gasteiger partial charge on any atom is -0.462 e. The average molecular weight is 861 g/mol. The number of allylic oxidation sites excluding steroid dienone is 16. The third kappa shape index (κ3) is 47.4. The summed E-state index contributed by atoms with van der Waals surface area (Å²) in [7, 11) is 0. The first-order valence-corrected chi connectivity index (χ1v) is 25.3. The Morgan fingerprint density at radius 2 is 0.661 bits per heavy atom. The van der Waals surface area contributed by atoms with Crippen molar-refractivity contribution in [2.24, 2.45) is 0 Å². The Hall–Kier alpha value is -3.67. The molecule has 0 aromatic carbocycles. The van der Waals surface area contributed by atoms with Gasteiger partial charge in [-0.15, -0.1) is 0 Å². The molecule has 6 heteroatoms. The number of hydrogen-bond donors (Lipinski definition) is 0. The Kier molecular flexibility index (Phi) is 47.0. The summed E-state index contributed by atoms with van der Waals surface area (Å²) in [5.74, 6) is -0.977. The normalized spacial score (nSPS) is 12.9. The Morgan fingerprint density at radius 1 is 0.339 bits per heavy atom. The molecule has 0 aliphatic rings. The zero-order valence-electron chi connectivity index (χ0n) is 40.1. The van der Waals surface area contributed by atoms with Crippen molar-refractivity contribution in [3.63, 3.8) is 0 Å². The minimum atomic E-state index is -0.809. The number of unbranched alkanes of at least 4 members (excludes halogenated alkanes) is 22. The van der Waals surface area contributed by atoms with Crippen LogP contribution in [0.1, 0.15) is 220 Å². The monoisotopic (exact) mass is 861 g/mol. The maximum Gasteiger partial charge on any atom is 0.306 e. The highest BCUT2D eigenvalue weighted by Gasteiger charge is 2.19. The molecule has 6 nitrogen and oxygen atoms in total. The molecule has 0 saturated heterocycles. The van der Waals surface area contributed by atoms with E-state index in [4.69, 9.17) is 14.2 Å². The van der Waals surface area contributed by atoms with Crippen LogP contribution in [0.25, 0.3) is 0 Å². The van der Waals surface area contributed by atoms with Crippen LogP contribution in [0, 0.1) is 0 Å². The van der Waals surface area contributed by atoms with Crippen LogP contribution in [0.3, 0.4) is 0 Å². The number of carbonyl (C=O) groups excluding carboxylic acids is 3. The molecule has 62 heavy (non-hydrogen) atoms. The topological polar surface area (TPSA) is 78.9 Å². The van der Waals surface area contributed by atoms with Crippen LogP contribution < -0.4 is 0 Å². The molecule has 0 radical (unpaired) electrons. The SMILES string of the molecule is CC\C=C/C=C\C=C/C=C\C=C/CCCCCC(=O)OC(COC(=O)CCCCCCC/C=C\C=C/CCCCCCCCC)COC(=O)CCCCCCC/C=C\CCCC. The van der Waals surface area contributed by atoms with E-state index in [2.05, 4.69) is 69.4 Å². The zero-order valence-corrected chi connectivity index (χ0v) is 40.1. The van der Waals surface area contributed by atoms with Crippen molar-refractivity contribution in [1.29, 1.82) is 0 Å². The molecular weight excluding hydrogens is 769 g/mol. The van der Waals surface area contributed by atoms with Gasteiger partial charge in [0.2, 0.25) is 0 Å². The van der Waals surface area contributed by atoms with E-state index in [1.807, 2.05) is 48.6 Å². The number of hydrogen-bond acceptors (Lipinski definition) is 6. The molecular formula is C56H92O6. The maximum absolute atomic E-state index is 12.8. The zero-order chi connectivity index (χ0) is 45.1. The van der Waals surface area contributed by atoms with Gasteiger partial charge in [0.1, 0.15) is 13.2 Å². The summed E-state index contributed by atoms with van der Waals surface area (Å²) in [6.07, 6.45) is 65.3. The van der Waals surface area contributed by atoms with E-state index < -0.39 is 6.10 Å². The molecule has 0 saturated carbocycles. The van der Waals surface area contributed by atoms with Crippen molar-refractivity contribution in [2.75, 3.05) is 13.2 Å². The highest BCUT2D eigenvalue weighted by Crippen LogP contribution is 2.13. The Bertz CT molecular complexity index is 1260. The van der Waals surface area contributed by atoms with Crippen LogP contribution in [-0.4, -0.2) is 37.2 Å². The fourth-order valence-electron chi connectivity index (χ4n) is 6.61. The van der Waals surface area contributed by atoms with Crippen molar-refractivity contribution in [3.8, 4) is 0 Å². The van der Waals surface area contributed by atoms with Crippen molar-refractivity contribution < 1.29 is 28.6 Å². The number of esters is 3. The third-order valence-electron chi connectivity index (χ3n) is 10.4. The fourth-order valence-corrected chi connectivity index (χ4v) is 6.61. The summed E-state index contributed by atoms with van der Waals surface area (Å²) in [5, 5.41) is 0. The molecule has 0 spiro atoms. The Morgan fingerprint density at radius 3 is 1.11 bits per heavy atom. The van der Waals surface area contributed by atoms with Gasteiger partial charge in [-0.25, -0.2) is 0 Å². The smallest absolute Gasteiger partial charge is 0.306 e. The van der Waals surface area contributed by atoms with Gasteiger partial charge in [0, 0.05) is 19.3 Å². The van der Waals surface area contributed by atoms with Gasteiger partial charge in [0.05, 0.1) is 0 Å². The van der Waals surface area contributed by atoms with Gasteiger partial charge in [-0.05, 0) is 83.5 Å². The Balaban J connectivity index is 4.48. The van der Waals surface area contributed by atoms with E-state index >= 15 is 0 Å². The van der Waals surface area contributed by atoms with Crippen LogP contribution in [0.2, 0.25) is 0 Å².